The van der Waals surface area contributed by atoms with Crippen LogP contribution in [0, 0.1) is 18.7 Å². The number of carbonyl (C=O) groups is 1. The molecule has 0 spiro atoms. The van der Waals surface area contributed by atoms with E-state index in [1.54, 1.807) is 26.1 Å². The van der Waals surface area contributed by atoms with Crippen LogP contribution < -0.4 is 5.73 Å². The summed E-state index contributed by atoms with van der Waals surface area (Å²) < 4.78 is 14.7. The predicted molar refractivity (Wildman–Crippen MR) is 97.8 cm³/mol. The van der Waals surface area contributed by atoms with Gasteiger partial charge >= 0.3 is 0 Å². The van der Waals surface area contributed by atoms with Gasteiger partial charge in [0.05, 0.1) is 5.69 Å². The number of carbonyl (C=O) groups excluding carboxylic acids is 1. The van der Waals surface area contributed by atoms with E-state index in [1.807, 2.05) is 11.8 Å². The number of aromatic nitrogens is 2. The summed E-state index contributed by atoms with van der Waals surface area (Å²) in [5.41, 5.74) is 8.15. The zero-order valence-electron chi connectivity index (χ0n) is 15.6. The lowest BCUT2D eigenvalue weighted by molar-refractivity contribution is 0.0639. The van der Waals surface area contributed by atoms with Gasteiger partial charge in [0.25, 0.3) is 5.91 Å². The van der Waals surface area contributed by atoms with Gasteiger partial charge in [-0.05, 0) is 43.9 Å². The summed E-state index contributed by atoms with van der Waals surface area (Å²) in [6.45, 7) is 8.49. The minimum atomic E-state index is -0.257. The SMILES string of the molecule is CCN(C(=O)c1c(C)nn(C)c1N)[C@@H](Cc1ccc(F)cc1)C(C)C. The Kier molecular flexibility index (Phi) is 5.82. The Morgan fingerprint density at radius 3 is 2.36 bits per heavy atom. The number of nitrogen functional groups attached to an aromatic ring is 1. The van der Waals surface area contributed by atoms with Crippen molar-refractivity contribution in [2.75, 3.05) is 12.3 Å². The highest BCUT2D eigenvalue weighted by molar-refractivity contribution is 5.99. The maximum atomic E-state index is 13.2. The average Bonchev–Trinajstić information content (AvgIpc) is 2.81. The largest absolute Gasteiger partial charge is 0.383 e. The number of amides is 1. The number of nitrogens with zero attached hydrogens (tertiary/aromatic N) is 3. The van der Waals surface area contributed by atoms with E-state index < -0.39 is 0 Å². The van der Waals surface area contributed by atoms with Crippen LogP contribution >= 0.6 is 0 Å². The van der Waals surface area contributed by atoms with Crippen LogP contribution in [0.4, 0.5) is 10.2 Å². The van der Waals surface area contributed by atoms with Crippen molar-refractivity contribution in [1.29, 1.82) is 0 Å². The van der Waals surface area contributed by atoms with Crippen molar-refractivity contribution in [2.24, 2.45) is 13.0 Å². The second kappa shape index (κ2) is 7.68. The van der Waals surface area contributed by atoms with E-state index in [0.29, 0.717) is 30.0 Å². The second-order valence-corrected chi connectivity index (χ2v) is 6.70. The number of anilines is 1. The molecule has 0 aliphatic carbocycles. The van der Waals surface area contributed by atoms with Crippen LogP contribution in [0.5, 0.6) is 0 Å². The Morgan fingerprint density at radius 1 is 1.32 bits per heavy atom. The number of benzene rings is 1. The monoisotopic (exact) mass is 346 g/mol. The van der Waals surface area contributed by atoms with E-state index in [0.717, 1.165) is 5.56 Å². The summed E-state index contributed by atoms with van der Waals surface area (Å²) in [5, 5.41) is 4.25. The van der Waals surface area contributed by atoms with Crippen LogP contribution in [0.25, 0.3) is 0 Å². The molecular weight excluding hydrogens is 319 g/mol. The minimum absolute atomic E-state index is 0.0121. The highest BCUT2D eigenvalue weighted by atomic mass is 19.1. The van der Waals surface area contributed by atoms with Gasteiger partial charge in [0, 0.05) is 19.6 Å². The van der Waals surface area contributed by atoms with E-state index in [-0.39, 0.29) is 23.7 Å². The smallest absolute Gasteiger partial charge is 0.259 e. The highest BCUT2D eigenvalue weighted by Crippen LogP contribution is 2.23. The number of hydrogen-bond donors (Lipinski definition) is 1. The van der Waals surface area contributed by atoms with Gasteiger partial charge in [0.1, 0.15) is 17.2 Å². The van der Waals surface area contributed by atoms with Gasteiger partial charge in [-0.3, -0.25) is 9.48 Å². The van der Waals surface area contributed by atoms with Gasteiger partial charge in [-0.15, -0.1) is 0 Å². The molecule has 0 bridgehead atoms. The average molecular weight is 346 g/mol. The summed E-state index contributed by atoms with van der Waals surface area (Å²) in [6.07, 6.45) is 0.663. The van der Waals surface area contributed by atoms with Crippen molar-refractivity contribution in [2.45, 2.75) is 40.2 Å². The molecule has 0 aliphatic heterocycles. The molecule has 1 heterocycles. The molecule has 2 N–H and O–H groups in total. The number of halogens is 1. The fourth-order valence-electron chi connectivity index (χ4n) is 3.18. The first-order valence-corrected chi connectivity index (χ1v) is 8.60. The first kappa shape index (κ1) is 19.0. The van der Waals surface area contributed by atoms with Crippen molar-refractivity contribution in [3.05, 3.63) is 46.9 Å². The number of hydrogen-bond acceptors (Lipinski definition) is 3. The lowest BCUT2D eigenvalue weighted by Gasteiger charge is -2.34. The van der Waals surface area contributed by atoms with Crippen LogP contribution in [-0.2, 0) is 13.5 Å². The Hall–Kier alpha value is -2.37. The molecule has 136 valence electrons. The number of aryl methyl sites for hydroxylation is 2. The molecule has 1 aromatic heterocycles. The maximum absolute atomic E-state index is 13.2. The summed E-state index contributed by atoms with van der Waals surface area (Å²) >= 11 is 0. The van der Waals surface area contributed by atoms with Crippen LogP contribution in [-0.4, -0.2) is 33.2 Å². The fraction of sp³-hybridized carbons (Fsp3) is 0.474. The molecule has 0 aliphatic rings. The molecule has 25 heavy (non-hydrogen) atoms. The summed E-state index contributed by atoms with van der Waals surface area (Å²) in [5.74, 6) is 0.260. The van der Waals surface area contributed by atoms with Gasteiger partial charge < -0.3 is 10.6 Å². The third-order valence-electron chi connectivity index (χ3n) is 4.61. The Balaban J connectivity index is 2.33. The normalized spacial score (nSPS) is 12.4. The van der Waals surface area contributed by atoms with E-state index >= 15 is 0 Å². The van der Waals surface area contributed by atoms with Crippen molar-refractivity contribution in [3.63, 3.8) is 0 Å². The first-order chi connectivity index (χ1) is 11.8. The van der Waals surface area contributed by atoms with Crippen molar-refractivity contribution < 1.29 is 9.18 Å². The topological polar surface area (TPSA) is 64.2 Å². The van der Waals surface area contributed by atoms with Gasteiger partial charge in [-0.2, -0.15) is 5.10 Å². The summed E-state index contributed by atoms with van der Waals surface area (Å²) in [6, 6.07) is 6.43. The molecule has 0 unspecified atom stereocenters. The standard InChI is InChI=1S/C19H27FN4O/c1-6-24(19(25)17-13(4)22-23(5)18(17)21)16(12(2)3)11-14-7-9-15(20)10-8-14/h7-10,12,16H,6,11,21H2,1-5H3/t16-/m0/s1. The van der Waals surface area contributed by atoms with Gasteiger partial charge in [-0.1, -0.05) is 26.0 Å². The number of likely N-dealkylation sites (N-methyl/N-ethyl adjacent to an activating group) is 1. The van der Waals surface area contributed by atoms with Gasteiger partial charge in [-0.25, -0.2) is 4.39 Å². The minimum Gasteiger partial charge on any atom is -0.383 e. The first-order valence-electron chi connectivity index (χ1n) is 8.60. The third kappa shape index (κ3) is 4.00. The van der Waals surface area contributed by atoms with Crippen LogP contribution in [0.15, 0.2) is 24.3 Å². The molecule has 2 aromatic rings. The molecule has 0 saturated carbocycles. The highest BCUT2D eigenvalue weighted by Gasteiger charge is 2.30. The second-order valence-electron chi connectivity index (χ2n) is 6.70. The molecule has 1 aromatic carbocycles. The Labute approximate surface area is 148 Å². The van der Waals surface area contributed by atoms with Gasteiger partial charge in [0.15, 0.2) is 0 Å². The van der Waals surface area contributed by atoms with Crippen LogP contribution in [0.2, 0.25) is 0 Å². The van der Waals surface area contributed by atoms with Crippen molar-refractivity contribution >= 4 is 11.7 Å². The number of rotatable bonds is 6. The molecule has 1 amide bonds. The third-order valence-corrected chi connectivity index (χ3v) is 4.61. The molecule has 0 radical (unpaired) electrons. The lowest BCUT2D eigenvalue weighted by atomic mass is 9.94. The zero-order chi connectivity index (χ0) is 18.7. The summed E-state index contributed by atoms with van der Waals surface area (Å²) in [7, 11) is 1.73. The summed E-state index contributed by atoms with van der Waals surface area (Å²) in [4.78, 5) is 15.0. The Morgan fingerprint density at radius 2 is 1.92 bits per heavy atom. The van der Waals surface area contributed by atoms with E-state index in [2.05, 4.69) is 18.9 Å². The van der Waals surface area contributed by atoms with Crippen LogP contribution in [0.3, 0.4) is 0 Å². The number of nitrogens with two attached hydrogens (primary N) is 1. The molecule has 1 atom stereocenters. The van der Waals surface area contributed by atoms with Gasteiger partial charge in [0.2, 0.25) is 0 Å². The van der Waals surface area contributed by atoms with E-state index in [4.69, 9.17) is 5.73 Å². The van der Waals surface area contributed by atoms with E-state index in [1.165, 1.54) is 16.8 Å². The molecule has 0 saturated heterocycles. The van der Waals surface area contributed by atoms with Crippen molar-refractivity contribution in [1.82, 2.24) is 14.7 Å². The maximum Gasteiger partial charge on any atom is 0.259 e. The fourth-order valence-corrected chi connectivity index (χ4v) is 3.18. The zero-order valence-corrected chi connectivity index (χ0v) is 15.6. The molecule has 6 heteroatoms. The molecular formula is C19H27FN4O. The lowest BCUT2D eigenvalue weighted by Crippen LogP contribution is -2.44. The van der Waals surface area contributed by atoms with Crippen molar-refractivity contribution in [3.8, 4) is 0 Å². The van der Waals surface area contributed by atoms with E-state index in [9.17, 15) is 9.18 Å². The van der Waals surface area contributed by atoms with Crippen LogP contribution in [0.1, 0.15) is 42.4 Å². The quantitative estimate of drug-likeness (QED) is 0.874. The molecule has 0 fully saturated rings. The predicted octanol–water partition coefficient (Wildman–Crippen LogP) is 3.18. The molecule has 2 rings (SSSR count). The Bertz CT molecular complexity index is 737. The molecule has 5 nitrogen and oxygen atoms in total.